The summed E-state index contributed by atoms with van der Waals surface area (Å²) in [4.78, 5) is 30.9. The van der Waals surface area contributed by atoms with Crippen LogP contribution in [0, 0.1) is 23.7 Å². The summed E-state index contributed by atoms with van der Waals surface area (Å²) in [5.41, 5.74) is -3.93. The van der Waals surface area contributed by atoms with Gasteiger partial charge in [-0.05, 0) is 114 Å². The summed E-state index contributed by atoms with van der Waals surface area (Å²) in [6.07, 6.45) is -6.24. The second-order valence-electron chi connectivity index (χ2n) is 21.0. The van der Waals surface area contributed by atoms with Gasteiger partial charge in [-0.2, -0.15) is 0 Å². The van der Waals surface area contributed by atoms with Gasteiger partial charge in [0.15, 0.2) is 29.2 Å². The van der Waals surface area contributed by atoms with E-state index in [-0.39, 0.29) is 36.9 Å². The molecule has 3 fully saturated rings. The van der Waals surface area contributed by atoms with Crippen molar-refractivity contribution in [3.8, 4) is 0 Å². The van der Waals surface area contributed by atoms with Crippen LogP contribution in [0.2, 0.25) is 39.3 Å². The lowest BCUT2D eigenvalue weighted by Crippen LogP contribution is -2.63. The molecule has 14 nitrogen and oxygen atoms in total. The van der Waals surface area contributed by atoms with E-state index in [2.05, 4.69) is 44.2 Å². The SMILES string of the molecule is CC[C@H]1OC(=O)[C@H](C)[C@@H](O[C@H]2C[C@@](C)(OC)[C@@H](O[Si](C)(C)C)[C@H](C)O2)[C@H](C)[C@@H](O[C@@H]2O[C@H](C)C[C@H](N(C)C)[C@H]2O[Si](C)(C)C)[C@](C)(OC)C[C@@H](C)C(=O)[C@H](C)[C@@H](O)[C@]1(C)O. The van der Waals surface area contributed by atoms with Crippen molar-refractivity contribution in [2.75, 3.05) is 28.3 Å². The van der Waals surface area contributed by atoms with Gasteiger partial charge in [0, 0.05) is 44.4 Å². The average Bonchev–Trinajstić information content (AvgIpc) is 3.14. The second kappa shape index (κ2) is 20.5. The Morgan fingerprint density at radius 3 is 1.83 bits per heavy atom. The van der Waals surface area contributed by atoms with Gasteiger partial charge in [0.1, 0.15) is 23.6 Å². The molecule has 0 unspecified atom stereocenters. The Morgan fingerprint density at radius 2 is 1.33 bits per heavy atom. The molecule has 0 spiro atoms. The summed E-state index contributed by atoms with van der Waals surface area (Å²) >= 11 is 0. The Morgan fingerprint density at radius 1 is 0.783 bits per heavy atom. The van der Waals surface area contributed by atoms with Gasteiger partial charge in [-0.3, -0.25) is 9.59 Å². The Bertz CT molecular complexity index is 1410. The van der Waals surface area contributed by atoms with Crippen LogP contribution in [0.3, 0.4) is 0 Å². The zero-order valence-corrected chi connectivity index (χ0v) is 42.8. The Labute approximate surface area is 364 Å². The Kier molecular flexibility index (Phi) is 18.3. The van der Waals surface area contributed by atoms with E-state index < -0.39 is 112 Å². The molecular weight excluding hydrogens is 807 g/mol. The van der Waals surface area contributed by atoms with Gasteiger partial charge >= 0.3 is 5.97 Å². The highest BCUT2D eigenvalue weighted by Gasteiger charge is 2.55. The van der Waals surface area contributed by atoms with Gasteiger partial charge < -0.3 is 57.1 Å². The number of Topliss-reactive ketones (excluding diaryl/α,β-unsaturated/α-hetero) is 1. The number of methoxy groups -OCH3 is 2. The standard InChI is InChI=1S/C44H85NO13Si2/c1-21-32-44(10,49)37(47)27(4)34(46)25(2)23-42(8,50-13)38(56-41-36(57-59(15,16)17)31(45(11)12)22-26(3)52-41)28(5)35(29(6)40(48)54-32)55-33-24-43(9,51-14)39(30(7)53-33)58-60(18,19)20/h25-33,35-39,41,47,49H,21-24H2,1-20H3/t25-,26-,27+,28+,29-,30+,31+,32-,33+,35+,36-,37-,38-,39+,41+,42-,43-,44-/m1/s1. The minimum absolute atomic E-state index is 0.0363. The average molecular weight is 892 g/mol. The first-order chi connectivity index (χ1) is 27.4. The Balaban J connectivity index is 2.29. The van der Waals surface area contributed by atoms with Crippen LogP contribution in [0.5, 0.6) is 0 Å². The summed E-state index contributed by atoms with van der Waals surface area (Å²) in [6, 6.07) is -0.0363. The maximum atomic E-state index is 14.5. The van der Waals surface area contributed by atoms with Crippen LogP contribution in [-0.4, -0.2) is 156 Å². The van der Waals surface area contributed by atoms with E-state index in [0.29, 0.717) is 6.42 Å². The largest absolute Gasteiger partial charge is 0.459 e. The molecule has 0 radical (unpaired) electrons. The number of carbonyl (C=O) groups is 2. The molecule has 0 saturated carbocycles. The van der Waals surface area contributed by atoms with E-state index in [4.69, 9.17) is 42.0 Å². The minimum atomic E-state index is -2.17. The zero-order valence-electron chi connectivity index (χ0n) is 40.8. The van der Waals surface area contributed by atoms with E-state index in [9.17, 15) is 19.8 Å². The lowest BCUT2D eigenvalue weighted by Gasteiger charge is -2.51. The molecule has 3 saturated heterocycles. The first-order valence-corrected chi connectivity index (χ1v) is 29.1. The van der Waals surface area contributed by atoms with Crippen molar-refractivity contribution in [2.24, 2.45) is 23.7 Å². The third kappa shape index (κ3) is 12.7. The molecule has 0 aromatic rings. The molecule has 3 heterocycles. The predicted octanol–water partition coefficient (Wildman–Crippen LogP) is 6.16. The summed E-state index contributed by atoms with van der Waals surface area (Å²) in [6.45, 7) is 30.9. The molecule has 2 N–H and O–H groups in total. The minimum Gasteiger partial charge on any atom is -0.459 e. The van der Waals surface area contributed by atoms with Gasteiger partial charge in [0.25, 0.3) is 0 Å². The highest BCUT2D eigenvalue weighted by Crippen LogP contribution is 2.43. The van der Waals surface area contributed by atoms with Gasteiger partial charge in [-0.1, -0.05) is 27.7 Å². The van der Waals surface area contributed by atoms with Crippen molar-refractivity contribution in [1.29, 1.82) is 0 Å². The van der Waals surface area contributed by atoms with Crippen LogP contribution >= 0.6 is 0 Å². The lowest BCUT2D eigenvalue weighted by molar-refractivity contribution is -0.316. The number of carbonyl (C=O) groups excluding carboxylic acids is 2. The van der Waals surface area contributed by atoms with Crippen molar-refractivity contribution < 1.29 is 61.8 Å². The smallest absolute Gasteiger partial charge is 0.311 e. The Hall–Kier alpha value is -0.866. The van der Waals surface area contributed by atoms with E-state index in [1.807, 2.05) is 48.7 Å². The summed E-state index contributed by atoms with van der Waals surface area (Å²) < 4.78 is 59.9. The molecule has 60 heavy (non-hydrogen) atoms. The number of ketones is 1. The fourth-order valence-corrected chi connectivity index (χ4v) is 12.0. The monoisotopic (exact) mass is 892 g/mol. The summed E-state index contributed by atoms with van der Waals surface area (Å²) in [5, 5.41) is 23.4. The van der Waals surface area contributed by atoms with Crippen LogP contribution in [0.25, 0.3) is 0 Å². The van der Waals surface area contributed by atoms with Crippen LogP contribution in [0.1, 0.15) is 94.9 Å². The maximum Gasteiger partial charge on any atom is 0.311 e. The summed E-state index contributed by atoms with van der Waals surface area (Å²) in [5.74, 6) is -4.16. The van der Waals surface area contributed by atoms with E-state index >= 15 is 0 Å². The molecule has 0 amide bonds. The molecule has 0 aromatic carbocycles. The topological polar surface area (TPSA) is 161 Å². The van der Waals surface area contributed by atoms with E-state index in [1.165, 1.54) is 6.92 Å². The van der Waals surface area contributed by atoms with E-state index in [0.717, 1.165) is 6.42 Å². The number of aliphatic hydroxyl groups is 2. The van der Waals surface area contributed by atoms with Crippen LogP contribution < -0.4 is 0 Å². The molecule has 16 heteroatoms. The van der Waals surface area contributed by atoms with Gasteiger partial charge in [-0.25, -0.2) is 0 Å². The first kappa shape index (κ1) is 53.5. The number of rotatable bonds is 12. The molecule has 0 aromatic heterocycles. The van der Waals surface area contributed by atoms with Crippen molar-refractivity contribution >= 4 is 28.4 Å². The van der Waals surface area contributed by atoms with Crippen LogP contribution in [-0.2, 0) is 51.6 Å². The third-order valence-electron chi connectivity index (χ3n) is 13.2. The van der Waals surface area contributed by atoms with Gasteiger partial charge in [0.05, 0.1) is 53.7 Å². The number of esters is 1. The van der Waals surface area contributed by atoms with Crippen molar-refractivity contribution in [3.63, 3.8) is 0 Å². The number of likely N-dealkylation sites (N-methyl/N-ethyl adjacent to an activating group) is 1. The molecule has 0 aliphatic carbocycles. The number of hydrogen-bond acceptors (Lipinski definition) is 14. The van der Waals surface area contributed by atoms with Gasteiger partial charge in [-0.15, -0.1) is 0 Å². The highest BCUT2D eigenvalue weighted by atomic mass is 28.4. The summed E-state index contributed by atoms with van der Waals surface area (Å²) in [7, 11) is 3.10. The van der Waals surface area contributed by atoms with Crippen LogP contribution in [0.15, 0.2) is 0 Å². The normalized spacial score (nSPS) is 44.7. The quantitative estimate of drug-likeness (QED) is 0.169. The molecular formula is C44H85NO13Si2. The molecule has 3 aliphatic rings. The molecule has 3 aliphatic heterocycles. The van der Waals surface area contributed by atoms with Crippen molar-refractivity contribution in [2.45, 2.75) is 218 Å². The number of cyclic esters (lactones) is 1. The number of aliphatic hydroxyl groups excluding tert-OH is 1. The fourth-order valence-electron chi connectivity index (χ4n) is 9.69. The van der Waals surface area contributed by atoms with Gasteiger partial charge in [0.2, 0.25) is 0 Å². The highest BCUT2D eigenvalue weighted by molar-refractivity contribution is 6.70. The zero-order chi connectivity index (χ0) is 46.1. The maximum absolute atomic E-state index is 14.5. The first-order valence-electron chi connectivity index (χ1n) is 22.2. The van der Waals surface area contributed by atoms with Crippen molar-refractivity contribution in [1.82, 2.24) is 4.90 Å². The van der Waals surface area contributed by atoms with Crippen LogP contribution in [0.4, 0.5) is 0 Å². The second-order valence-corrected chi connectivity index (χ2v) is 30.0. The lowest BCUT2D eigenvalue weighted by atomic mass is 9.74. The predicted molar refractivity (Wildman–Crippen MR) is 235 cm³/mol. The molecule has 18 atom stereocenters. The fraction of sp³-hybridized carbons (Fsp3) is 0.955. The molecule has 3 rings (SSSR count). The number of nitrogens with zero attached hydrogens (tertiary/aromatic N) is 1. The third-order valence-corrected chi connectivity index (χ3v) is 15.1. The van der Waals surface area contributed by atoms with E-state index in [1.54, 1.807) is 41.9 Å². The molecule has 0 bridgehead atoms. The molecule has 352 valence electrons. The number of ether oxygens (including phenoxy) is 7. The number of hydrogen-bond donors (Lipinski definition) is 2. The van der Waals surface area contributed by atoms with Crippen molar-refractivity contribution in [3.05, 3.63) is 0 Å².